The monoisotopic (exact) mass is 493 g/mol. The van der Waals surface area contributed by atoms with Crippen LogP contribution >= 0.6 is 34.8 Å². The van der Waals surface area contributed by atoms with Gasteiger partial charge in [-0.1, -0.05) is 40.9 Å². The molecule has 3 aromatic rings. The van der Waals surface area contributed by atoms with Crippen LogP contribution in [0.3, 0.4) is 0 Å². The molecule has 0 aliphatic rings. The first kappa shape index (κ1) is 24.1. The molecule has 0 saturated carbocycles. The highest BCUT2D eigenvalue weighted by Crippen LogP contribution is 2.35. The minimum absolute atomic E-state index is 0.244. The molecular formula is C24H22Cl3NO4. The molecule has 32 heavy (non-hydrogen) atoms. The minimum Gasteiger partial charge on any atom is -0.490 e. The zero-order valence-corrected chi connectivity index (χ0v) is 19.8. The lowest BCUT2D eigenvalue weighted by Crippen LogP contribution is -2.05. The van der Waals surface area contributed by atoms with E-state index in [0.717, 1.165) is 22.4 Å². The number of carboxylic acid groups (broad SMARTS) is 1. The zero-order chi connectivity index (χ0) is 23.3. The summed E-state index contributed by atoms with van der Waals surface area (Å²) in [6.07, 6.45) is 0. The number of halogens is 3. The van der Waals surface area contributed by atoms with Crippen molar-refractivity contribution in [1.82, 2.24) is 0 Å². The van der Waals surface area contributed by atoms with E-state index in [1.54, 1.807) is 36.4 Å². The van der Waals surface area contributed by atoms with Gasteiger partial charge in [-0.2, -0.15) is 0 Å². The molecule has 8 heteroatoms. The summed E-state index contributed by atoms with van der Waals surface area (Å²) in [6, 6.07) is 13.8. The van der Waals surface area contributed by atoms with Crippen molar-refractivity contribution in [3.63, 3.8) is 0 Å². The molecule has 0 heterocycles. The standard InChI is InChI=1S/C24H22Cl3NO4/c1-3-31-22-10-17(12-28-21-7-5-16(24(29)30)8-14(21)2)19(26)11-23(22)32-13-15-4-6-18(25)20(27)9-15/h4-11,28H,3,12-13H2,1-2H3,(H,29,30). The van der Waals surface area contributed by atoms with Crippen molar-refractivity contribution < 1.29 is 19.4 Å². The van der Waals surface area contributed by atoms with Crippen LogP contribution in [0.15, 0.2) is 48.5 Å². The number of hydrogen-bond acceptors (Lipinski definition) is 4. The molecule has 0 bridgehead atoms. The average Bonchev–Trinajstić information content (AvgIpc) is 2.75. The number of aryl methyl sites for hydroxylation is 1. The van der Waals surface area contributed by atoms with Crippen molar-refractivity contribution in [3.8, 4) is 11.5 Å². The molecule has 5 nitrogen and oxygen atoms in total. The van der Waals surface area contributed by atoms with Crippen molar-refractivity contribution in [2.24, 2.45) is 0 Å². The van der Waals surface area contributed by atoms with Gasteiger partial charge in [0.1, 0.15) is 6.61 Å². The van der Waals surface area contributed by atoms with E-state index in [0.29, 0.717) is 39.7 Å². The first-order valence-electron chi connectivity index (χ1n) is 9.88. The topological polar surface area (TPSA) is 67.8 Å². The fraction of sp³-hybridized carbons (Fsp3) is 0.208. The summed E-state index contributed by atoms with van der Waals surface area (Å²) in [5.41, 5.74) is 3.58. The molecule has 2 N–H and O–H groups in total. The van der Waals surface area contributed by atoms with E-state index in [2.05, 4.69) is 5.32 Å². The first-order valence-corrected chi connectivity index (χ1v) is 11.0. The molecule has 3 rings (SSSR count). The maximum absolute atomic E-state index is 11.1. The second kappa shape index (κ2) is 10.8. The van der Waals surface area contributed by atoms with Gasteiger partial charge in [0.05, 0.1) is 22.2 Å². The van der Waals surface area contributed by atoms with Crippen LogP contribution in [0, 0.1) is 6.92 Å². The van der Waals surface area contributed by atoms with Gasteiger partial charge in [0.25, 0.3) is 0 Å². The average molecular weight is 495 g/mol. The molecule has 0 radical (unpaired) electrons. The minimum atomic E-state index is -0.958. The molecule has 0 aromatic heterocycles. The van der Waals surface area contributed by atoms with Crippen LogP contribution in [0.5, 0.6) is 11.5 Å². The lowest BCUT2D eigenvalue weighted by atomic mass is 10.1. The van der Waals surface area contributed by atoms with E-state index in [1.165, 1.54) is 0 Å². The van der Waals surface area contributed by atoms with Crippen LogP contribution in [0.25, 0.3) is 0 Å². The molecule has 0 amide bonds. The molecule has 0 fully saturated rings. The predicted molar refractivity (Wildman–Crippen MR) is 129 cm³/mol. The second-order valence-corrected chi connectivity index (χ2v) is 8.27. The van der Waals surface area contributed by atoms with Gasteiger partial charge in [0.15, 0.2) is 11.5 Å². The highest BCUT2D eigenvalue weighted by atomic mass is 35.5. The molecular weight excluding hydrogens is 473 g/mol. The molecule has 0 unspecified atom stereocenters. The Bertz CT molecular complexity index is 1130. The smallest absolute Gasteiger partial charge is 0.335 e. The Morgan fingerprint density at radius 3 is 2.34 bits per heavy atom. The normalized spacial score (nSPS) is 10.7. The van der Waals surface area contributed by atoms with Crippen molar-refractivity contribution in [2.75, 3.05) is 11.9 Å². The lowest BCUT2D eigenvalue weighted by molar-refractivity contribution is 0.0697. The number of aromatic carboxylic acids is 1. The number of nitrogens with one attached hydrogen (secondary N) is 1. The number of rotatable bonds is 9. The molecule has 0 saturated heterocycles. The summed E-state index contributed by atoms with van der Waals surface area (Å²) in [5.74, 6) is 0.140. The number of carboxylic acids is 1. The Kier molecular flexibility index (Phi) is 8.13. The number of anilines is 1. The number of benzene rings is 3. The largest absolute Gasteiger partial charge is 0.490 e. The Balaban J connectivity index is 1.75. The fourth-order valence-corrected chi connectivity index (χ4v) is 3.61. The Hall–Kier alpha value is -2.60. The summed E-state index contributed by atoms with van der Waals surface area (Å²) in [6.45, 7) is 4.91. The van der Waals surface area contributed by atoms with E-state index < -0.39 is 5.97 Å². The first-order chi connectivity index (χ1) is 15.3. The van der Waals surface area contributed by atoms with Crippen molar-refractivity contribution >= 4 is 46.5 Å². The summed E-state index contributed by atoms with van der Waals surface area (Å²) in [5, 5.41) is 13.9. The van der Waals surface area contributed by atoms with Crippen LogP contribution in [0.1, 0.15) is 34.0 Å². The van der Waals surface area contributed by atoms with Gasteiger partial charge in [-0.25, -0.2) is 4.79 Å². The number of ether oxygens (including phenoxy) is 2. The SMILES string of the molecule is CCOc1cc(CNc2ccc(C(=O)O)cc2C)c(Cl)cc1OCc1ccc(Cl)c(Cl)c1. The van der Waals surface area contributed by atoms with Crippen LogP contribution in [0.2, 0.25) is 15.1 Å². The third-order valence-electron chi connectivity index (χ3n) is 4.73. The highest BCUT2D eigenvalue weighted by molar-refractivity contribution is 6.42. The summed E-state index contributed by atoms with van der Waals surface area (Å²) in [4.78, 5) is 11.1. The van der Waals surface area contributed by atoms with Crippen LogP contribution in [-0.2, 0) is 13.2 Å². The molecule has 168 valence electrons. The van der Waals surface area contributed by atoms with Crippen LogP contribution in [0.4, 0.5) is 5.69 Å². The van der Waals surface area contributed by atoms with Crippen molar-refractivity contribution in [3.05, 3.63) is 85.9 Å². The Labute approximate surface area is 201 Å². The van der Waals surface area contributed by atoms with E-state index in [4.69, 9.17) is 49.4 Å². The maximum atomic E-state index is 11.1. The zero-order valence-electron chi connectivity index (χ0n) is 17.5. The van der Waals surface area contributed by atoms with Gasteiger partial charge < -0.3 is 19.9 Å². The highest BCUT2D eigenvalue weighted by Gasteiger charge is 2.13. The molecule has 0 aliphatic heterocycles. The maximum Gasteiger partial charge on any atom is 0.335 e. The van der Waals surface area contributed by atoms with E-state index >= 15 is 0 Å². The Morgan fingerprint density at radius 2 is 1.69 bits per heavy atom. The molecule has 0 spiro atoms. The van der Waals surface area contributed by atoms with Crippen LogP contribution in [-0.4, -0.2) is 17.7 Å². The Morgan fingerprint density at radius 1 is 0.938 bits per heavy atom. The van der Waals surface area contributed by atoms with Crippen molar-refractivity contribution in [2.45, 2.75) is 27.0 Å². The van der Waals surface area contributed by atoms with Gasteiger partial charge >= 0.3 is 5.97 Å². The third kappa shape index (κ3) is 6.00. The summed E-state index contributed by atoms with van der Waals surface area (Å²) < 4.78 is 11.7. The molecule has 0 aliphatic carbocycles. The number of carbonyl (C=O) groups is 1. The predicted octanol–water partition coefficient (Wildman–Crippen LogP) is 7.24. The van der Waals surface area contributed by atoms with E-state index in [9.17, 15) is 4.79 Å². The van der Waals surface area contributed by atoms with Crippen LogP contribution < -0.4 is 14.8 Å². The van der Waals surface area contributed by atoms with Gasteiger partial charge in [-0.05, 0) is 66.9 Å². The molecule has 0 atom stereocenters. The van der Waals surface area contributed by atoms with E-state index in [-0.39, 0.29) is 12.2 Å². The summed E-state index contributed by atoms with van der Waals surface area (Å²) >= 11 is 18.5. The van der Waals surface area contributed by atoms with Gasteiger partial charge in [0.2, 0.25) is 0 Å². The van der Waals surface area contributed by atoms with Gasteiger partial charge in [-0.3, -0.25) is 0 Å². The van der Waals surface area contributed by atoms with Gasteiger partial charge in [0, 0.05) is 23.3 Å². The molecule has 3 aromatic carbocycles. The quantitative estimate of drug-likeness (QED) is 0.328. The van der Waals surface area contributed by atoms with Gasteiger partial charge in [-0.15, -0.1) is 0 Å². The van der Waals surface area contributed by atoms with E-state index in [1.807, 2.05) is 26.0 Å². The van der Waals surface area contributed by atoms with Crippen molar-refractivity contribution in [1.29, 1.82) is 0 Å². The fourth-order valence-electron chi connectivity index (χ4n) is 3.07. The number of hydrogen-bond donors (Lipinski definition) is 2. The lowest BCUT2D eigenvalue weighted by Gasteiger charge is -2.16. The third-order valence-corrected chi connectivity index (χ3v) is 5.82. The summed E-state index contributed by atoms with van der Waals surface area (Å²) in [7, 11) is 0. The second-order valence-electron chi connectivity index (χ2n) is 7.05.